The Morgan fingerprint density at radius 3 is 2.62 bits per heavy atom. The monoisotopic (exact) mass is 580 g/mol. The molecule has 0 saturated carbocycles. The highest BCUT2D eigenvalue weighted by molar-refractivity contribution is 8.22. The molecule has 2 unspecified atom stereocenters. The smallest absolute Gasteiger partial charge is 0.242 e. The summed E-state index contributed by atoms with van der Waals surface area (Å²) in [5.74, 6) is -1.58. The van der Waals surface area contributed by atoms with E-state index in [4.69, 9.17) is 10.5 Å². The first kappa shape index (κ1) is 30.8. The third-order valence-corrected chi connectivity index (χ3v) is 10.2. The van der Waals surface area contributed by atoms with E-state index in [0.29, 0.717) is 42.1 Å². The van der Waals surface area contributed by atoms with Gasteiger partial charge < -0.3 is 21.1 Å². The molecular formula is C29H42F2N4O4S. The number of methoxy groups -OCH3 is 1. The van der Waals surface area contributed by atoms with Gasteiger partial charge in [0.2, 0.25) is 5.91 Å². The molecule has 222 valence electrons. The van der Waals surface area contributed by atoms with Crippen molar-refractivity contribution in [1.29, 1.82) is 0 Å². The minimum Gasteiger partial charge on any atom is -0.380 e. The molecule has 8 nitrogen and oxygen atoms in total. The molecule has 0 radical (unpaired) electrons. The van der Waals surface area contributed by atoms with Crippen LogP contribution in [0.15, 0.2) is 42.5 Å². The fourth-order valence-corrected chi connectivity index (χ4v) is 7.88. The summed E-state index contributed by atoms with van der Waals surface area (Å²) in [5, 5.41) is 6.31. The van der Waals surface area contributed by atoms with E-state index in [9.17, 15) is 18.3 Å². The zero-order chi connectivity index (χ0) is 29.0. The fourth-order valence-electron chi connectivity index (χ4n) is 6.01. The van der Waals surface area contributed by atoms with Crippen molar-refractivity contribution in [1.82, 2.24) is 9.62 Å². The van der Waals surface area contributed by atoms with Crippen molar-refractivity contribution in [3.8, 4) is 0 Å². The maximum atomic E-state index is 15.1. The number of carbonyl (C=O) groups excluding carboxylic acids is 1. The summed E-state index contributed by atoms with van der Waals surface area (Å²) in [5.41, 5.74) is 7.85. The van der Waals surface area contributed by atoms with Crippen molar-refractivity contribution in [2.75, 3.05) is 31.3 Å². The number of amides is 1. The van der Waals surface area contributed by atoms with Gasteiger partial charge in [0.25, 0.3) is 0 Å². The molecule has 2 bridgehead atoms. The van der Waals surface area contributed by atoms with Crippen LogP contribution in [0.4, 0.5) is 14.5 Å². The van der Waals surface area contributed by atoms with Gasteiger partial charge in [0.1, 0.15) is 11.6 Å². The van der Waals surface area contributed by atoms with Crippen LogP contribution in [0, 0.1) is 17.6 Å². The van der Waals surface area contributed by atoms with Crippen LogP contribution in [0.25, 0.3) is 0 Å². The third kappa shape index (κ3) is 7.02. The molecule has 4 rings (SSSR count). The van der Waals surface area contributed by atoms with Crippen molar-refractivity contribution < 1.29 is 27.4 Å². The van der Waals surface area contributed by atoms with Crippen molar-refractivity contribution in [2.45, 2.75) is 69.7 Å². The van der Waals surface area contributed by atoms with Gasteiger partial charge >= 0.3 is 0 Å². The number of anilines is 1. The number of nitrogens with one attached hydrogen (secondary N) is 2. The van der Waals surface area contributed by atoms with Crippen LogP contribution in [0.5, 0.6) is 0 Å². The average Bonchev–Trinajstić information content (AvgIpc) is 3.03. The zero-order valence-corrected chi connectivity index (χ0v) is 24.2. The number of nitrogens with zero attached hydrogens (tertiary/aromatic N) is 1. The van der Waals surface area contributed by atoms with E-state index in [1.54, 1.807) is 29.6 Å². The van der Waals surface area contributed by atoms with Crippen molar-refractivity contribution in [2.24, 2.45) is 11.7 Å². The summed E-state index contributed by atoms with van der Waals surface area (Å²) in [6.07, 6.45) is 1.97. The Morgan fingerprint density at radius 1 is 1.23 bits per heavy atom. The van der Waals surface area contributed by atoms with Crippen molar-refractivity contribution >= 4 is 22.4 Å². The van der Waals surface area contributed by atoms with Crippen LogP contribution in [0.2, 0.25) is 0 Å². The summed E-state index contributed by atoms with van der Waals surface area (Å²) in [6.45, 7) is 5.04. The van der Waals surface area contributed by atoms with Crippen LogP contribution >= 0.6 is 10.8 Å². The molecule has 6 atom stereocenters. The quantitative estimate of drug-likeness (QED) is 0.276. The number of benzene rings is 2. The minimum absolute atomic E-state index is 0.0126. The molecule has 1 amide bonds. The van der Waals surface area contributed by atoms with Crippen molar-refractivity contribution in [3.05, 3.63) is 65.2 Å². The van der Waals surface area contributed by atoms with E-state index in [2.05, 4.69) is 10.6 Å². The summed E-state index contributed by atoms with van der Waals surface area (Å²) < 4.78 is 57.8. The van der Waals surface area contributed by atoms with Gasteiger partial charge in [-0.2, -0.15) is 0 Å². The number of nitrogens with two attached hydrogens (primary N) is 1. The molecule has 6 N–H and O–H groups in total. The molecule has 40 heavy (non-hydrogen) atoms. The summed E-state index contributed by atoms with van der Waals surface area (Å²) in [7, 11) is -1.32. The molecule has 2 aliphatic rings. The van der Waals surface area contributed by atoms with Gasteiger partial charge in [0.15, 0.2) is 0 Å². The Hall–Kier alpha value is -2.12. The molecule has 11 heteroatoms. The normalized spacial score (nSPS) is 25.5. The van der Waals surface area contributed by atoms with Gasteiger partial charge in [0.05, 0.1) is 17.9 Å². The Bertz CT molecular complexity index is 1150. The first-order valence-corrected chi connectivity index (χ1v) is 15.6. The SMILES string of the molecule is CO[C@H](C(C)C)[C@H](c1ccc(F)cc1)[C@H](N)C(=O)Nc1cccc(F)c1CCC1CN[C@@H]2CCCS(O)(O)N1C2. The molecule has 2 aliphatic heterocycles. The second-order valence-corrected chi connectivity index (χ2v) is 13.3. The minimum atomic E-state index is -2.87. The number of fused-ring (bicyclic) bond motifs is 2. The fraction of sp³-hybridized carbons (Fsp3) is 0.552. The van der Waals surface area contributed by atoms with Gasteiger partial charge in [-0.1, -0.05) is 32.0 Å². The summed E-state index contributed by atoms with van der Waals surface area (Å²) in [6, 6.07) is 9.35. The molecule has 2 heterocycles. The number of hydrogen-bond acceptors (Lipinski definition) is 7. The van der Waals surface area contributed by atoms with E-state index in [1.807, 2.05) is 13.8 Å². The molecular weight excluding hydrogens is 538 g/mol. The van der Waals surface area contributed by atoms with Gasteiger partial charge in [0, 0.05) is 49.5 Å². The number of rotatable bonds is 10. The van der Waals surface area contributed by atoms with Gasteiger partial charge in [-0.25, -0.2) is 13.1 Å². The lowest BCUT2D eigenvalue weighted by atomic mass is 9.81. The Balaban J connectivity index is 1.52. The molecule has 2 saturated heterocycles. The van der Waals surface area contributed by atoms with E-state index in [-0.39, 0.29) is 24.4 Å². The second kappa shape index (κ2) is 13.2. The van der Waals surface area contributed by atoms with E-state index in [0.717, 1.165) is 12.8 Å². The van der Waals surface area contributed by atoms with Crippen LogP contribution in [0.1, 0.15) is 50.2 Å². The van der Waals surface area contributed by atoms with Crippen LogP contribution < -0.4 is 16.4 Å². The second-order valence-electron chi connectivity index (χ2n) is 11.2. The third-order valence-electron chi connectivity index (χ3n) is 8.13. The lowest BCUT2D eigenvalue weighted by Gasteiger charge is -2.49. The number of piperazine rings is 1. The highest BCUT2D eigenvalue weighted by Gasteiger charge is 2.39. The molecule has 0 spiro atoms. The molecule has 0 aromatic heterocycles. The maximum Gasteiger partial charge on any atom is 0.242 e. The van der Waals surface area contributed by atoms with Crippen LogP contribution in [0.3, 0.4) is 0 Å². The number of ether oxygens (including phenoxy) is 1. The lowest BCUT2D eigenvalue weighted by molar-refractivity contribution is -0.119. The van der Waals surface area contributed by atoms with Gasteiger partial charge in [-0.05, 0) is 61.4 Å². The zero-order valence-electron chi connectivity index (χ0n) is 23.4. The Labute approximate surface area is 237 Å². The van der Waals surface area contributed by atoms with Crippen LogP contribution in [-0.2, 0) is 16.0 Å². The first-order chi connectivity index (χ1) is 19.0. The number of halogens is 2. The Kier molecular flexibility index (Phi) is 10.2. The molecule has 0 aliphatic carbocycles. The predicted octanol–water partition coefficient (Wildman–Crippen LogP) is 4.72. The molecule has 2 aromatic rings. The predicted molar refractivity (Wildman–Crippen MR) is 155 cm³/mol. The van der Waals surface area contributed by atoms with E-state index in [1.165, 1.54) is 24.3 Å². The van der Waals surface area contributed by atoms with Gasteiger partial charge in [-0.15, -0.1) is 10.8 Å². The van der Waals surface area contributed by atoms with Gasteiger partial charge in [-0.3, -0.25) is 13.9 Å². The number of hydrogen-bond donors (Lipinski definition) is 5. The average molecular weight is 581 g/mol. The molecule has 2 fully saturated rings. The first-order valence-electron chi connectivity index (χ1n) is 13.9. The largest absolute Gasteiger partial charge is 0.380 e. The lowest BCUT2D eigenvalue weighted by Crippen LogP contribution is -2.55. The maximum absolute atomic E-state index is 15.1. The highest BCUT2D eigenvalue weighted by Crippen LogP contribution is 2.49. The standard InChI is InChI=1S/C29H42F2N4O4S/c1-18(2)28(39-3)26(19-9-11-20(30)12-10-19)27(32)29(36)34-25-8-4-7-24(31)23(25)14-13-22-16-33-21-6-5-15-40(37,38)35(22)17-21/h4,7-12,18,21-22,26-28,33,37-38H,5-6,13-17,32H2,1-3H3,(H,34,36)/t21-,22?,26-,27+,28-/m1/s1. The summed E-state index contributed by atoms with van der Waals surface area (Å²) >= 11 is 0. The highest BCUT2D eigenvalue weighted by atomic mass is 32.3. The topological polar surface area (TPSA) is 120 Å². The van der Waals surface area contributed by atoms with Crippen molar-refractivity contribution in [3.63, 3.8) is 0 Å². The summed E-state index contributed by atoms with van der Waals surface area (Å²) in [4.78, 5) is 13.5. The number of carbonyl (C=O) groups is 1. The van der Waals surface area contributed by atoms with E-state index < -0.39 is 46.4 Å². The van der Waals surface area contributed by atoms with E-state index >= 15 is 4.39 Å². The molecule has 2 aromatic carbocycles. The Morgan fingerprint density at radius 2 is 1.95 bits per heavy atom. The van der Waals surface area contributed by atoms with Crippen LogP contribution in [-0.4, -0.2) is 69.5 Å².